The number of hydrogen-bond donors (Lipinski definition) is 0. The van der Waals surface area contributed by atoms with Crippen LogP contribution >= 0.6 is 0 Å². The number of rotatable bonds is 2. The van der Waals surface area contributed by atoms with Crippen LogP contribution in [0.2, 0.25) is 0 Å². The predicted molar refractivity (Wildman–Crippen MR) is 89.1 cm³/mol. The lowest BCUT2D eigenvalue weighted by Crippen LogP contribution is -2.26. The molecule has 0 aliphatic carbocycles. The summed E-state index contributed by atoms with van der Waals surface area (Å²) in [5.41, 5.74) is 2.06. The molecular formula is C17H13N5O2. The Labute approximate surface area is 135 Å². The summed E-state index contributed by atoms with van der Waals surface area (Å²) < 4.78 is 2.70. The van der Waals surface area contributed by atoms with Gasteiger partial charge in [-0.2, -0.15) is 0 Å². The van der Waals surface area contributed by atoms with Crippen LogP contribution < -0.4 is 11.1 Å². The van der Waals surface area contributed by atoms with Gasteiger partial charge in [-0.15, -0.1) is 5.10 Å². The lowest BCUT2D eigenvalue weighted by molar-refractivity contribution is 0.591. The average molecular weight is 319 g/mol. The molecule has 0 fully saturated rings. The van der Waals surface area contributed by atoms with Crippen LogP contribution in [0.25, 0.3) is 16.6 Å². The molecule has 0 unspecified atom stereocenters. The first kappa shape index (κ1) is 14.3. The second kappa shape index (κ2) is 5.38. The first-order chi connectivity index (χ1) is 11.6. The van der Waals surface area contributed by atoms with Crippen molar-refractivity contribution in [2.75, 3.05) is 0 Å². The van der Waals surface area contributed by atoms with E-state index < -0.39 is 0 Å². The van der Waals surface area contributed by atoms with E-state index in [1.165, 1.54) is 15.1 Å². The summed E-state index contributed by atoms with van der Waals surface area (Å²) in [4.78, 5) is 29.1. The fraction of sp³-hybridized carbons (Fsp3) is 0.118. The minimum Gasteiger partial charge on any atom is -0.269 e. The van der Waals surface area contributed by atoms with E-state index in [-0.39, 0.29) is 17.7 Å². The molecule has 0 aliphatic heterocycles. The maximum Gasteiger partial charge on any atom is 0.277 e. The van der Waals surface area contributed by atoms with Crippen molar-refractivity contribution in [2.45, 2.75) is 13.5 Å². The summed E-state index contributed by atoms with van der Waals surface area (Å²) in [6.45, 7) is 2.00. The van der Waals surface area contributed by atoms with Crippen molar-refractivity contribution in [2.24, 2.45) is 0 Å². The number of fused-ring (bicyclic) bond motifs is 2. The molecule has 7 nitrogen and oxygen atoms in total. The smallest absolute Gasteiger partial charge is 0.269 e. The van der Waals surface area contributed by atoms with Crippen LogP contribution in [0.3, 0.4) is 0 Å². The lowest BCUT2D eigenvalue weighted by Gasteiger charge is -2.06. The Balaban J connectivity index is 1.82. The molecule has 0 N–H and O–H groups in total. The minimum atomic E-state index is -0.258. The van der Waals surface area contributed by atoms with Crippen molar-refractivity contribution in [3.63, 3.8) is 0 Å². The summed E-state index contributed by atoms with van der Waals surface area (Å²) >= 11 is 0. The third kappa shape index (κ3) is 2.36. The van der Waals surface area contributed by atoms with E-state index in [0.29, 0.717) is 22.2 Å². The highest BCUT2D eigenvalue weighted by Gasteiger charge is 2.08. The van der Waals surface area contributed by atoms with E-state index in [2.05, 4.69) is 15.3 Å². The molecule has 1 aromatic carbocycles. The van der Waals surface area contributed by atoms with E-state index in [1.54, 1.807) is 36.5 Å². The SMILES string of the molecule is Cc1ccc2nc(Cn3nnc4ccccc4c3=O)cc(=O)n2c1. The summed E-state index contributed by atoms with van der Waals surface area (Å²) in [5.74, 6) is 0. The van der Waals surface area contributed by atoms with Gasteiger partial charge in [-0.25, -0.2) is 9.67 Å². The highest BCUT2D eigenvalue weighted by Crippen LogP contribution is 2.05. The van der Waals surface area contributed by atoms with Crippen LogP contribution in [0, 0.1) is 6.92 Å². The Bertz CT molecular complexity index is 1190. The van der Waals surface area contributed by atoms with Gasteiger partial charge in [0, 0.05) is 12.3 Å². The Kier molecular flexibility index (Phi) is 3.19. The molecule has 4 rings (SSSR count). The number of pyridine rings is 1. The summed E-state index contributed by atoms with van der Waals surface area (Å²) in [5, 5.41) is 8.45. The quantitative estimate of drug-likeness (QED) is 0.554. The molecule has 118 valence electrons. The maximum atomic E-state index is 12.5. The van der Waals surface area contributed by atoms with E-state index in [9.17, 15) is 9.59 Å². The van der Waals surface area contributed by atoms with Gasteiger partial charge in [0.2, 0.25) is 0 Å². The maximum absolute atomic E-state index is 12.5. The van der Waals surface area contributed by atoms with E-state index in [4.69, 9.17) is 0 Å². The molecule has 0 amide bonds. The standard InChI is InChI=1S/C17H13N5O2/c1-11-6-7-15-18-12(8-16(23)21(15)9-11)10-22-17(24)13-4-2-3-5-14(13)19-20-22/h2-9H,10H2,1H3. The topological polar surface area (TPSA) is 82.2 Å². The van der Waals surface area contributed by atoms with Gasteiger partial charge in [-0.1, -0.05) is 23.4 Å². The van der Waals surface area contributed by atoms with Gasteiger partial charge in [0.1, 0.15) is 11.2 Å². The van der Waals surface area contributed by atoms with Gasteiger partial charge in [-0.3, -0.25) is 14.0 Å². The molecule has 0 aliphatic rings. The van der Waals surface area contributed by atoms with E-state index in [0.717, 1.165) is 5.56 Å². The summed E-state index contributed by atoms with van der Waals surface area (Å²) in [7, 11) is 0. The van der Waals surface area contributed by atoms with Gasteiger partial charge in [-0.05, 0) is 30.7 Å². The number of benzene rings is 1. The highest BCUT2D eigenvalue weighted by atomic mass is 16.1. The van der Waals surface area contributed by atoms with Gasteiger partial charge in [0.25, 0.3) is 11.1 Å². The Hall–Kier alpha value is -3.35. The fourth-order valence-corrected chi connectivity index (χ4v) is 2.62. The van der Waals surface area contributed by atoms with Crippen LogP contribution in [-0.4, -0.2) is 24.4 Å². The van der Waals surface area contributed by atoms with Crippen molar-refractivity contribution in [1.82, 2.24) is 24.4 Å². The van der Waals surface area contributed by atoms with Crippen molar-refractivity contribution in [1.29, 1.82) is 0 Å². The van der Waals surface area contributed by atoms with Crippen molar-refractivity contribution in [3.05, 3.63) is 80.6 Å². The zero-order chi connectivity index (χ0) is 16.7. The molecule has 0 bridgehead atoms. The zero-order valence-electron chi connectivity index (χ0n) is 12.9. The van der Waals surface area contributed by atoms with Crippen molar-refractivity contribution < 1.29 is 0 Å². The van der Waals surface area contributed by atoms with Gasteiger partial charge in [0.15, 0.2) is 0 Å². The van der Waals surface area contributed by atoms with Crippen LogP contribution in [0.5, 0.6) is 0 Å². The number of aryl methyl sites for hydroxylation is 1. The van der Waals surface area contributed by atoms with Gasteiger partial charge in [0.05, 0.1) is 17.6 Å². The minimum absolute atomic E-state index is 0.0935. The normalized spacial score (nSPS) is 11.2. The highest BCUT2D eigenvalue weighted by molar-refractivity contribution is 5.76. The van der Waals surface area contributed by atoms with Crippen LogP contribution in [-0.2, 0) is 6.54 Å². The molecule has 0 saturated carbocycles. The largest absolute Gasteiger partial charge is 0.277 e. The molecule has 3 heterocycles. The Morgan fingerprint density at radius 1 is 1.08 bits per heavy atom. The van der Waals surface area contributed by atoms with E-state index in [1.807, 2.05) is 13.0 Å². The zero-order valence-corrected chi connectivity index (χ0v) is 12.9. The van der Waals surface area contributed by atoms with Gasteiger partial charge >= 0.3 is 0 Å². The molecule has 7 heteroatoms. The van der Waals surface area contributed by atoms with Gasteiger partial charge < -0.3 is 0 Å². The Morgan fingerprint density at radius 2 is 1.92 bits per heavy atom. The third-order valence-electron chi connectivity index (χ3n) is 3.80. The monoisotopic (exact) mass is 319 g/mol. The van der Waals surface area contributed by atoms with E-state index >= 15 is 0 Å². The van der Waals surface area contributed by atoms with Crippen molar-refractivity contribution in [3.8, 4) is 0 Å². The number of aromatic nitrogens is 5. The van der Waals surface area contributed by atoms with Crippen LogP contribution in [0.1, 0.15) is 11.3 Å². The molecule has 0 atom stereocenters. The second-order valence-electron chi connectivity index (χ2n) is 5.59. The first-order valence-corrected chi connectivity index (χ1v) is 7.43. The van der Waals surface area contributed by atoms with Crippen molar-refractivity contribution >= 4 is 16.6 Å². The first-order valence-electron chi connectivity index (χ1n) is 7.43. The second-order valence-corrected chi connectivity index (χ2v) is 5.59. The third-order valence-corrected chi connectivity index (χ3v) is 3.80. The molecule has 24 heavy (non-hydrogen) atoms. The molecule has 3 aromatic heterocycles. The molecule has 0 saturated heterocycles. The summed E-state index contributed by atoms with van der Waals surface area (Å²) in [6.07, 6.45) is 1.73. The molecular weight excluding hydrogens is 306 g/mol. The average Bonchev–Trinajstić information content (AvgIpc) is 2.58. The predicted octanol–water partition coefficient (Wildman–Crippen LogP) is 1.16. The molecule has 4 aromatic rings. The van der Waals surface area contributed by atoms with Crippen LogP contribution in [0.15, 0.2) is 58.3 Å². The number of nitrogens with zero attached hydrogens (tertiary/aromatic N) is 5. The fourth-order valence-electron chi connectivity index (χ4n) is 2.62. The lowest BCUT2D eigenvalue weighted by atomic mass is 10.2. The Morgan fingerprint density at radius 3 is 2.79 bits per heavy atom. The van der Waals surface area contributed by atoms with Crippen LogP contribution in [0.4, 0.5) is 0 Å². The molecule has 0 spiro atoms. The molecule has 0 radical (unpaired) electrons. The summed E-state index contributed by atoms with van der Waals surface area (Å²) in [6, 6.07) is 12.1. The number of hydrogen-bond acceptors (Lipinski definition) is 5.